The molecule has 0 saturated heterocycles. The Morgan fingerprint density at radius 1 is 1.41 bits per heavy atom. The van der Waals surface area contributed by atoms with Crippen LogP contribution in [0.25, 0.3) is 0 Å². The molecule has 0 unspecified atom stereocenters. The van der Waals surface area contributed by atoms with Gasteiger partial charge >= 0.3 is 0 Å². The standard InChI is InChI=1S/C17H23N3O2/c1-4-22-9-5-8-19-17(21)15(11-18)12-20-16-10-13(2)6-7-14(16)3/h6-7,10,12,20H,4-5,8-9H2,1-3H3,(H,19,21)/b15-12-. The molecule has 0 heterocycles. The van der Waals surface area contributed by atoms with Crippen molar-refractivity contribution in [3.05, 3.63) is 41.1 Å². The van der Waals surface area contributed by atoms with Crippen molar-refractivity contribution in [3.63, 3.8) is 0 Å². The molecule has 0 aliphatic heterocycles. The summed E-state index contributed by atoms with van der Waals surface area (Å²) >= 11 is 0. The first-order valence-electron chi connectivity index (χ1n) is 7.38. The minimum absolute atomic E-state index is 0.0531. The summed E-state index contributed by atoms with van der Waals surface area (Å²) < 4.78 is 5.19. The van der Waals surface area contributed by atoms with Crippen LogP contribution in [0.5, 0.6) is 0 Å². The van der Waals surface area contributed by atoms with Crippen molar-refractivity contribution in [2.24, 2.45) is 0 Å². The van der Waals surface area contributed by atoms with Gasteiger partial charge in [-0.3, -0.25) is 4.79 Å². The quantitative estimate of drug-likeness (QED) is 0.440. The number of amides is 1. The summed E-state index contributed by atoms with van der Waals surface area (Å²) in [5.74, 6) is -0.378. The number of anilines is 1. The average Bonchev–Trinajstić information content (AvgIpc) is 2.51. The van der Waals surface area contributed by atoms with Gasteiger partial charge in [-0.2, -0.15) is 5.26 Å². The predicted octanol–water partition coefficient (Wildman–Crippen LogP) is 2.67. The molecule has 0 bridgehead atoms. The molecule has 0 saturated carbocycles. The van der Waals surface area contributed by atoms with E-state index in [0.717, 1.165) is 23.2 Å². The highest BCUT2D eigenvalue weighted by Crippen LogP contribution is 2.16. The van der Waals surface area contributed by atoms with Gasteiger partial charge in [0.15, 0.2) is 0 Å². The van der Waals surface area contributed by atoms with Crippen LogP contribution in [0.2, 0.25) is 0 Å². The van der Waals surface area contributed by atoms with Gasteiger partial charge in [0.1, 0.15) is 11.6 Å². The fraction of sp³-hybridized carbons (Fsp3) is 0.412. The molecule has 1 aromatic rings. The van der Waals surface area contributed by atoms with Crippen LogP contribution in [0.15, 0.2) is 30.0 Å². The van der Waals surface area contributed by atoms with E-state index in [1.807, 2.05) is 45.0 Å². The van der Waals surface area contributed by atoms with Gasteiger partial charge in [-0.25, -0.2) is 0 Å². The normalized spacial score (nSPS) is 10.9. The van der Waals surface area contributed by atoms with E-state index < -0.39 is 0 Å². The molecule has 0 spiro atoms. The van der Waals surface area contributed by atoms with Crippen molar-refractivity contribution in [2.45, 2.75) is 27.2 Å². The van der Waals surface area contributed by atoms with E-state index in [-0.39, 0.29) is 11.5 Å². The summed E-state index contributed by atoms with van der Waals surface area (Å²) in [5.41, 5.74) is 3.10. The highest BCUT2D eigenvalue weighted by molar-refractivity contribution is 5.97. The van der Waals surface area contributed by atoms with Gasteiger partial charge in [0, 0.05) is 31.6 Å². The minimum Gasteiger partial charge on any atom is -0.382 e. The van der Waals surface area contributed by atoms with Crippen LogP contribution in [-0.4, -0.2) is 25.7 Å². The van der Waals surface area contributed by atoms with Crippen molar-refractivity contribution in [1.82, 2.24) is 5.32 Å². The average molecular weight is 301 g/mol. The number of hydrogen-bond donors (Lipinski definition) is 2. The van der Waals surface area contributed by atoms with E-state index in [2.05, 4.69) is 10.6 Å². The first-order chi connectivity index (χ1) is 10.6. The minimum atomic E-state index is -0.378. The summed E-state index contributed by atoms with van der Waals surface area (Å²) in [4.78, 5) is 11.9. The Morgan fingerprint density at radius 2 is 2.18 bits per heavy atom. The van der Waals surface area contributed by atoms with Crippen LogP contribution in [0.3, 0.4) is 0 Å². The molecule has 0 fully saturated rings. The number of nitrogens with zero attached hydrogens (tertiary/aromatic N) is 1. The number of benzene rings is 1. The maximum absolute atomic E-state index is 11.9. The summed E-state index contributed by atoms with van der Waals surface area (Å²) in [7, 11) is 0. The molecule has 0 aliphatic carbocycles. The first kappa shape index (κ1) is 17.7. The number of aryl methyl sites for hydroxylation is 2. The van der Waals surface area contributed by atoms with E-state index in [1.165, 1.54) is 6.20 Å². The molecule has 1 rings (SSSR count). The Hall–Kier alpha value is -2.32. The maximum Gasteiger partial charge on any atom is 0.263 e. The van der Waals surface area contributed by atoms with Crippen LogP contribution >= 0.6 is 0 Å². The monoisotopic (exact) mass is 301 g/mol. The number of carbonyl (C=O) groups is 1. The molecule has 118 valence electrons. The summed E-state index contributed by atoms with van der Waals surface area (Å²) in [6.45, 7) is 7.63. The van der Waals surface area contributed by atoms with Crippen molar-refractivity contribution in [1.29, 1.82) is 5.26 Å². The van der Waals surface area contributed by atoms with Crippen LogP contribution < -0.4 is 10.6 Å². The Bertz CT molecular complexity index is 574. The van der Waals surface area contributed by atoms with Crippen molar-refractivity contribution >= 4 is 11.6 Å². The third kappa shape index (κ3) is 5.98. The number of nitriles is 1. The van der Waals surface area contributed by atoms with E-state index in [1.54, 1.807) is 0 Å². The molecule has 0 aliphatic rings. The number of nitrogens with one attached hydrogen (secondary N) is 2. The van der Waals surface area contributed by atoms with Gasteiger partial charge < -0.3 is 15.4 Å². The molecular formula is C17H23N3O2. The third-order valence-electron chi connectivity index (χ3n) is 3.09. The van der Waals surface area contributed by atoms with E-state index >= 15 is 0 Å². The van der Waals surface area contributed by atoms with Gasteiger partial charge in [0.05, 0.1) is 0 Å². The van der Waals surface area contributed by atoms with E-state index in [4.69, 9.17) is 10.00 Å². The first-order valence-corrected chi connectivity index (χ1v) is 7.38. The molecule has 22 heavy (non-hydrogen) atoms. The number of rotatable bonds is 8. The molecule has 1 amide bonds. The van der Waals surface area contributed by atoms with Crippen molar-refractivity contribution < 1.29 is 9.53 Å². The molecule has 0 radical (unpaired) electrons. The molecule has 0 atom stereocenters. The predicted molar refractivity (Wildman–Crippen MR) is 87.4 cm³/mol. The Labute approximate surface area is 132 Å². The summed E-state index contributed by atoms with van der Waals surface area (Å²) in [5, 5.41) is 14.8. The van der Waals surface area contributed by atoms with Crippen molar-refractivity contribution in [2.75, 3.05) is 25.1 Å². The fourth-order valence-corrected chi connectivity index (χ4v) is 1.81. The summed E-state index contributed by atoms with van der Waals surface area (Å²) in [6.07, 6.45) is 2.17. The number of hydrogen-bond acceptors (Lipinski definition) is 4. The number of carbonyl (C=O) groups excluding carboxylic acids is 1. The maximum atomic E-state index is 11.9. The lowest BCUT2D eigenvalue weighted by molar-refractivity contribution is -0.117. The Kier molecular flexibility index (Phi) is 7.73. The topological polar surface area (TPSA) is 74.1 Å². The second-order valence-electron chi connectivity index (χ2n) is 4.94. The van der Waals surface area contributed by atoms with Gasteiger partial charge in [-0.05, 0) is 44.4 Å². The highest BCUT2D eigenvalue weighted by Gasteiger charge is 2.08. The molecular weight excluding hydrogens is 278 g/mol. The Morgan fingerprint density at radius 3 is 2.86 bits per heavy atom. The largest absolute Gasteiger partial charge is 0.382 e. The van der Waals surface area contributed by atoms with Gasteiger partial charge in [0.25, 0.3) is 5.91 Å². The summed E-state index contributed by atoms with van der Waals surface area (Å²) in [6, 6.07) is 7.89. The molecule has 5 nitrogen and oxygen atoms in total. The fourth-order valence-electron chi connectivity index (χ4n) is 1.81. The highest BCUT2D eigenvalue weighted by atomic mass is 16.5. The Balaban J connectivity index is 2.57. The lowest BCUT2D eigenvalue weighted by atomic mass is 10.1. The van der Waals surface area contributed by atoms with Crippen LogP contribution in [0.4, 0.5) is 5.69 Å². The molecule has 1 aromatic carbocycles. The lowest BCUT2D eigenvalue weighted by Crippen LogP contribution is -2.26. The van der Waals surface area contributed by atoms with E-state index in [9.17, 15) is 4.79 Å². The van der Waals surface area contributed by atoms with E-state index in [0.29, 0.717) is 19.8 Å². The van der Waals surface area contributed by atoms with Crippen LogP contribution in [-0.2, 0) is 9.53 Å². The molecule has 2 N–H and O–H groups in total. The molecule has 5 heteroatoms. The molecule has 0 aromatic heterocycles. The van der Waals surface area contributed by atoms with Crippen molar-refractivity contribution in [3.8, 4) is 6.07 Å². The zero-order chi connectivity index (χ0) is 16.4. The second-order valence-corrected chi connectivity index (χ2v) is 4.94. The smallest absolute Gasteiger partial charge is 0.263 e. The van der Waals surface area contributed by atoms with Gasteiger partial charge in [0.2, 0.25) is 0 Å². The zero-order valence-corrected chi connectivity index (χ0v) is 13.4. The second kappa shape index (κ2) is 9.59. The van der Waals surface area contributed by atoms with Gasteiger partial charge in [-0.15, -0.1) is 0 Å². The van der Waals surface area contributed by atoms with Crippen LogP contribution in [0.1, 0.15) is 24.5 Å². The SMILES string of the molecule is CCOCCCNC(=O)/C(C#N)=C\Nc1cc(C)ccc1C. The zero-order valence-electron chi connectivity index (χ0n) is 13.4. The van der Waals surface area contributed by atoms with Gasteiger partial charge in [-0.1, -0.05) is 12.1 Å². The number of ether oxygens (including phenoxy) is 1. The lowest BCUT2D eigenvalue weighted by Gasteiger charge is -2.08. The van der Waals surface area contributed by atoms with Crippen LogP contribution in [0, 0.1) is 25.2 Å². The third-order valence-corrected chi connectivity index (χ3v) is 3.09.